The quantitative estimate of drug-likeness (QED) is 0.240. The molecule has 0 amide bonds. The first-order chi connectivity index (χ1) is 19.8. The van der Waals surface area contributed by atoms with Crippen LogP contribution < -0.4 is 0 Å². The van der Waals surface area contributed by atoms with Crippen LogP contribution in [0.15, 0.2) is 134 Å². The number of rotatable bonds is 5. The lowest BCUT2D eigenvalue weighted by Gasteiger charge is -2.22. The number of para-hydroxylation sites is 1. The molecule has 3 heteroatoms. The molecule has 0 saturated carbocycles. The molecule has 0 aliphatic rings. The van der Waals surface area contributed by atoms with E-state index in [0.29, 0.717) is 5.56 Å². The molecular formula is C38H32N2O. The molecule has 6 aromatic rings. The number of nitrogens with zero attached hydrogens (tertiary/aromatic N) is 2. The molecule has 0 saturated heterocycles. The van der Waals surface area contributed by atoms with Crippen LogP contribution in [-0.4, -0.2) is 15.1 Å². The second-order valence-electron chi connectivity index (χ2n) is 11.4. The van der Waals surface area contributed by atoms with Gasteiger partial charge in [0.05, 0.1) is 17.1 Å². The molecule has 0 aliphatic heterocycles. The number of aromatic hydroxyl groups is 1. The Bertz CT molecular complexity index is 1820. The van der Waals surface area contributed by atoms with Crippen molar-refractivity contribution in [1.29, 1.82) is 0 Å². The highest BCUT2D eigenvalue weighted by atomic mass is 16.3. The molecule has 2 heterocycles. The molecule has 0 fully saturated rings. The number of aromatic nitrogens is 2. The standard InChI is InChI=1S/C38H32N2O/c1-38(2,3)32-21-30(34-23-28(18-19-39-34)26-12-6-4-7-13-26)20-31(22-32)35-24-29(27-14-8-5-9-15-27)25-36(40-35)33-16-10-11-17-37(33)41/h4-25,41H,1-3H3. The third-order valence-corrected chi connectivity index (χ3v) is 7.37. The molecule has 0 spiro atoms. The molecule has 200 valence electrons. The van der Waals surface area contributed by atoms with Crippen molar-refractivity contribution in [2.24, 2.45) is 0 Å². The van der Waals surface area contributed by atoms with Crippen LogP contribution in [-0.2, 0) is 5.41 Å². The van der Waals surface area contributed by atoms with Gasteiger partial charge in [0.25, 0.3) is 0 Å². The van der Waals surface area contributed by atoms with Crippen LogP contribution >= 0.6 is 0 Å². The molecule has 0 atom stereocenters. The summed E-state index contributed by atoms with van der Waals surface area (Å²) in [5.41, 5.74) is 10.8. The lowest BCUT2D eigenvalue weighted by atomic mass is 9.84. The van der Waals surface area contributed by atoms with Crippen molar-refractivity contribution >= 4 is 0 Å². The fraction of sp³-hybridized carbons (Fsp3) is 0.105. The van der Waals surface area contributed by atoms with Gasteiger partial charge in [0, 0.05) is 22.9 Å². The van der Waals surface area contributed by atoms with Crippen molar-refractivity contribution < 1.29 is 5.11 Å². The van der Waals surface area contributed by atoms with E-state index in [-0.39, 0.29) is 11.2 Å². The highest BCUT2D eigenvalue weighted by molar-refractivity contribution is 5.81. The Hall–Kier alpha value is -5.02. The van der Waals surface area contributed by atoms with E-state index >= 15 is 0 Å². The van der Waals surface area contributed by atoms with Crippen molar-refractivity contribution in [2.75, 3.05) is 0 Å². The first-order valence-corrected chi connectivity index (χ1v) is 13.9. The van der Waals surface area contributed by atoms with Gasteiger partial charge in [0.2, 0.25) is 0 Å². The minimum Gasteiger partial charge on any atom is -0.507 e. The normalized spacial score (nSPS) is 11.4. The zero-order valence-corrected chi connectivity index (χ0v) is 23.5. The van der Waals surface area contributed by atoms with E-state index in [2.05, 4.69) is 93.6 Å². The van der Waals surface area contributed by atoms with E-state index < -0.39 is 0 Å². The van der Waals surface area contributed by atoms with E-state index in [9.17, 15) is 5.11 Å². The number of phenolic OH excluding ortho intramolecular Hbond substituents is 1. The summed E-state index contributed by atoms with van der Waals surface area (Å²) in [5.74, 6) is 0.210. The van der Waals surface area contributed by atoms with Gasteiger partial charge in [-0.3, -0.25) is 4.98 Å². The zero-order chi connectivity index (χ0) is 28.4. The van der Waals surface area contributed by atoms with Gasteiger partial charge in [-0.15, -0.1) is 0 Å². The van der Waals surface area contributed by atoms with Crippen LogP contribution in [0.2, 0.25) is 0 Å². The average Bonchev–Trinajstić information content (AvgIpc) is 3.01. The van der Waals surface area contributed by atoms with Crippen molar-refractivity contribution in [3.8, 4) is 61.8 Å². The van der Waals surface area contributed by atoms with Crippen molar-refractivity contribution in [3.63, 3.8) is 0 Å². The minimum absolute atomic E-state index is 0.0840. The first-order valence-electron chi connectivity index (χ1n) is 13.9. The fourth-order valence-corrected chi connectivity index (χ4v) is 5.06. The Morgan fingerprint density at radius 1 is 0.488 bits per heavy atom. The summed E-state index contributed by atoms with van der Waals surface area (Å²) >= 11 is 0. The maximum Gasteiger partial charge on any atom is 0.124 e. The molecule has 0 aliphatic carbocycles. The first kappa shape index (κ1) is 26.2. The number of hydrogen-bond acceptors (Lipinski definition) is 3. The molecular weight excluding hydrogens is 500 g/mol. The lowest BCUT2D eigenvalue weighted by molar-refractivity contribution is 0.477. The van der Waals surface area contributed by atoms with Crippen molar-refractivity contribution in [1.82, 2.24) is 9.97 Å². The van der Waals surface area contributed by atoms with E-state index in [4.69, 9.17) is 9.97 Å². The summed E-state index contributed by atoms with van der Waals surface area (Å²) in [6.45, 7) is 6.68. The summed E-state index contributed by atoms with van der Waals surface area (Å²) in [6.07, 6.45) is 1.88. The maximum absolute atomic E-state index is 10.7. The smallest absolute Gasteiger partial charge is 0.124 e. The Morgan fingerprint density at radius 2 is 1.05 bits per heavy atom. The van der Waals surface area contributed by atoms with Crippen LogP contribution in [0.4, 0.5) is 0 Å². The van der Waals surface area contributed by atoms with Gasteiger partial charge < -0.3 is 5.11 Å². The molecule has 3 nitrogen and oxygen atoms in total. The number of pyridine rings is 2. The summed E-state index contributed by atoms with van der Waals surface area (Å²) in [5, 5.41) is 10.7. The lowest BCUT2D eigenvalue weighted by Crippen LogP contribution is -2.11. The van der Waals surface area contributed by atoms with Gasteiger partial charge in [0.15, 0.2) is 0 Å². The zero-order valence-electron chi connectivity index (χ0n) is 23.5. The van der Waals surface area contributed by atoms with E-state index in [1.807, 2.05) is 54.7 Å². The minimum atomic E-state index is -0.0840. The van der Waals surface area contributed by atoms with Crippen molar-refractivity contribution in [2.45, 2.75) is 26.2 Å². The molecule has 0 radical (unpaired) electrons. The third kappa shape index (κ3) is 5.66. The predicted octanol–water partition coefficient (Wildman–Crippen LogP) is 9.81. The van der Waals surface area contributed by atoms with Gasteiger partial charge in [-0.05, 0) is 87.8 Å². The van der Waals surface area contributed by atoms with Gasteiger partial charge in [-0.1, -0.05) is 93.6 Å². The Labute approximate surface area is 241 Å². The predicted molar refractivity (Wildman–Crippen MR) is 170 cm³/mol. The van der Waals surface area contributed by atoms with Gasteiger partial charge >= 0.3 is 0 Å². The van der Waals surface area contributed by atoms with Crippen LogP contribution in [0.25, 0.3) is 56.0 Å². The van der Waals surface area contributed by atoms with Gasteiger partial charge in [0.1, 0.15) is 5.75 Å². The summed E-state index contributed by atoms with van der Waals surface area (Å²) in [4.78, 5) is 9.88. The average molecular weight is 533 g/mol. The Kier molecular flexibility index (Phi) is 6.94. The van der Waals surface area contributed by atoms with E-state index in [1.165, 1.54) is 5.56 Å². The number of benzene rings is 4. The highest BCUT2D eigenvalue weighted by Crippen LogP contribution is 2.37. The van der Waals surface area contributed by atoms with Crippen LogP contribution in [0, 0.1) is 0 Å². The third-order valence-electron chi connectivity index (χ3n) is 7.37. The van der Waals surface area contributed by atoms with Crippen LogP contribution in [0.3, 0.4) is 0 Å². The van der Waals surface area contributed by atoms with Gasteiger partial charge in [-0.2, -0.15) is 0 Å². The Morgan fingerprint density at radius 3 is 1.71 bits per heavy atom. The molecule has 4 aromatic carbocycles. The topological polar surface area (TPSA) is 46.0 Å². The molecule has 41 heavy (non-hydrogen) atoms. The van der Waals surface area contributed by atoms with E-state index in [0.717, 1.165) is 50.5 Å². The second-order valence-corrected chi connectivity index (χ2v) is 11.4. The molecule has 2 aromatic heterocycles. The molecule has 6 rings (SSSR count). The summed E-state index contributed by atoms with van der Waals surface area (Å²) in [6, 6.07) is 43.1. The monoisotopic (exact) mass is 532 g/mol. The van der Waals surface area contributed by atoms with Gasteiger partial charge in [-0.25, -0.2) is 4.98 Å². The maximum atomic E-state index is 10.7. The summed E-state index contributed by atoms with van der Waals surface area (Å²) < 4.78 is 0. The highest BCUT2D eigenvalue weighted by Gasteiger charge is 2.19. The molecule has 0 bridgehead atoms. The fourth-order valence-electron chi connectivity index (χ4n) is 5.06. The summed E-state index contributed by atoms with van der Waals surface area (Å²) in [7, 11) is 0. The molecule has 0 unspecified atom stereocenters. The van der Waals surface area contributed by atoms with Crippen LogP contribution in [0.5, 0.6) is 5.75 Å². The largest absolute Gasteiger partial charge is 0.507 e. The van der Waals surface area contributed by atoms with Crippen LogP contribution in [0.1, 0.15) is 26.3 Å². The second kappa shape index (κ2) is 10.9. The SMILES string of the molecule is CC(C)(C)c1cc(-c2cc(-c3ccccc3)ccn2)cc(-c2cc(-c3ccccc3)cc(-c3ccccc3O)n2)c1. The molecule has 1 N–H and O–H groups in total. The number of hydrogen-bond donors (Lipinski definition) is 1. The Balaban J connectivity index is 1.55. The number of phenols is 1. The van der Waals surface area contributed by atoms with Crippen molar-refractivity contribution in [3.05, 3.63) is 139 Å². The van der Waals surface area contributed by atoms with E-state index in [1.54, 1.807) is 6.07 Å².